The molecule has 1 radical (unpaired) electrons. The normalized spacial score (nSPS) is 11.2. The van der Waals surface area contributed by atoms with Gasteiger partial charge in [-0.1, -0.05) is 28.6 Å². The highest BCUT2D eigenvalue weighted by Crippen LogP contribution is 2.18. The van der Waals surface area contributed by atoms with Crippen LogP contribution >= 0.6 is 0 Å². The summed E-state index contributed by atoms with van der Waals surface area (Å²) < 4.78 is 6.18. The van der Waals surface area contributed by atoms with Crippen LogP contribution in [0.2, 0.25) is 0 Å². The van der Waals surface area contributed by atoms with E-state index in [4.69, 9.17) is 4.43 Å². The Bertz CT molecular complexity index is 261. The zero-order valence-electron chi connectivity index (χ0n) is 11.6. The molecule has 16 heavy (non-hydrogen) atoms. The molecule has 0 unspecified atom stereocenters. The molecule has 0 saturated heterocycles. The molecule has 0 spiro atoms. The van der Waals surface area contributed by atoms with Gasteiger partial charge in [-0.15, -0.1) is 6.58 Å². The van der Waals surface area contributed by atoms with Crippen molar-refractivity contribution < 1.29 is 4.43 Å². The summed E-state index contributed by atoms with van der Waals surface area (Å²) in [4.78, 5) is 0. The molecule has 0 aliphatic rings. The van der Waals surface area contributed by atoms with E-state index >= 15 is 0 Å². The summed E-state index contributed by atoms with van der Waals surface area (Å²) in [6.45, 7) is 16.5. The Labute approximate surface area is 103 Å². The first-order chi connectivity index (χ1) is 7.26. The van der Waals surface area contributed by atoms with Crippen molar-refractivity contribution in [2.75, 3.05) is 0 Å². The minimum Gasteiger partial charge on any atom is -0.403 e. The van der Waals surface area contributed by atoms with Crippen LogP contribution in [0.15, 0.2) is 35.2 Å². The Kier molecular flexibility index (Phi) is 6.61. The molecule has 0 N–H and O–H groups in total. The molecule has 2 heteroatoms. The van der Waals surface area contributed by atoms with Gasteiger partial charge < -0.3 is 4.43 Å². The van der Waals surface area contributed by atoms with Crippen LogP contribution in [0.25, 0.3) is 0 Å². The summed E-state index contributed by atoms with van der Waals surface area (Å²) in [6, 6.07) is 0. The summed E-state index contributed by atoms with van der Waals surface area (Å²) in [6.07, 6.45) is 2.80. The van der Waals surface area contributed by atoms with Crippen LogP contribution in [0.1, 0.15) is 48.0 Å². The molecule has 0 fully saturated rings. The molecule has 0 aliphatic heterocycles. The molecule has 0 bridgehead atoms. The van der Waals surface area contributed by atoms with E-state index < -0.39 is 9.04 Å². The summed E-state index contributed by atoms with van der Waals surface area (Å²) >= 11 is 0. The van der Waals surface area contributed by atoms with E-state index in [0.717, 1.165) is 6.42 Å². The third kappa shape index (κ3) is 7.66. The highest BCUT2D eigenvalue weighted by atomic mass is 28.3. The molecule has 1 nitrogen and oxygen atoms in total. The molecule has 0 aromatic carbocycles. The van der Waals surface area contributed by atoms with Crippen LogP contribution in [-0.4, -0.2) is 14.6 Å². The maximum atomic E-state index is 6.18. The van der Waals surface area contributed by atoms with Gasteiger partial charge in [0.05, 0.1) is 5.60 Å². The van der Waals surface area contributed by atoms with E-state index in [1.807, 2.05) is 6.08 Å². The van der Waals surface area contributed by atoms with Crippen LogP contribution in [-0.2, 0) is 4.43 Å². The lowest BCUT2D eigenvalue weighted by Gasteiger charge is -2.27. The van der Waals surface area contributed by atoms with Crippen molar-refractivity contribution in [3.63, 3.8) is 0 Å². The maximum Gasteiger partial charge on any atom is 0.268 e. The van der Waals surface area contributed by atoms with E-state index in [-0.39, 0.29) is 5.60 Å². The standard InChI is InChI=1S/C14H25OSi/c1-8-9-14(6,7)15-16(10-12(2)3)11-13(4)5/h8,10-11H,1,9H2,2-7H3. The van der Waals surface area contributed by atoms with Crippen LogP contribution in [0.4, 0.5) is 0 Å². The fourth-order valence-corrected chi connectivity index (χ4v) is 3.44. The van der Waals surface area contributed by atoms with Crippen molar-refractivity contribution in [1.82, 2.24) is 0 Å². The number of hydrogen-bond donors (Lipinski definition) is 0. The molecule has 0 aliphatic carbocycles. The third-order valence-electron chi connectivity index (χ3n) is 1.89. The molecule has 0 rings (SSSR count). The lowest BCUT2D eigenvalue weighted by Crippen LogP contribution is -2.31. The minimum atomic E-state index is -0.994. The average Bonchev–Trinajstić information content (AvgIpc) is 1.98. The Morgan fingerprint density at radius 1 is 1.12 bits per heavy atom. The van der Waals surface area contributed by atoms with E-state index in [1.54, 1.807) is 0 Å². The predicted octanol–water partition coefficient (Wildman–Crippen LogP) is 4.36. The zero-order chi connectivity index (χ0) is 12.8. The topological polar surface area (TPSA) is 9.23 Å². The quantitative estimate of drug-likeness (QED) is 0.492. The predicted molar refractivity (Wildman–Crippen MR) is 74.6 cm³/mol. The van der Waals surface area contributed by atoms with Gasteiger partial charge in [0.15, 0.2) is 0 Å². The first-order valence-corrected chi connectivity index (χ1v) is 7.30. The van der Waals surface area contributed by atoms with Gasteiger partial charge in [0.2, 0.25) is 0 Å². The Morgan fingerprint density at radius 2 is 1.56 bits per heavy atom. The van der Waals surface area contributed by atoms with Gasteiger partial charge in [0, 0.05) is 0 Å². The monoisotopic (exact) mass is 237 g/mol. The summed E-state index contributed by atoms with van der Waals surface area (Å²) in [5, 5.41) is 0. The Morgan fingerprint density at radius 3 is 1.88 bits per heavy atom. The molecule has 0 aromatic heterocycles. The fraction of sp³-hybridized carbons (Fsp3) is 0.571. The lowest BCUT2D eigenvalue weighted by molar-refractivity contribution is 0.116. The summed E-state index contributed by atoms with van der Waals surface area (Å²) in [5.41, 5.74) is 7.03. The average molecular weight is 237 g/mol. The second-order valence-electron chi connectivity index (χ2n) is 5.20. The Hall–Kier alpha value is -0.603. The number of hydrogen-bond acceptors (Lipinski definition) is 1. The highest BCUT2D eigenvalue weighted by Gasteiger charge is 2.21. The zero-order valence-corrected chi connectivity index (χ0v) is 12.6. The summed E-state index contributed by atoms with van der Waals surface area (Å²) in [5.74, 6) is 0. The third-order valence-corrected chi connectivity index (χ3v) is 4.40. The van der Waals surface area contributed by atoms with E-state index in [1.165, 1.54) is 11.1 Å². The smallest absolute Gasteiger partial charge is 0.268 e. The molecule has 0 amide bonds. The van der Waals surface area contributed by atoms with Crippen LogP contribution in [0.3, 0.4) is 0 Å². The molecular formula is C14H25OSi. The molecule has 0 saturated carbocycles. The highest BCUT2D eigenvalue weighted by molar-refractivity contribution is 6.63. The van der Waals surface area contributed by atoms with Crippen molar-refractivity contribution in [3.05, 3.63) is 35.2 Å². The SMILES string of the molecule is C=CCC(C)(C)O[Si](C=C(C)C)C=C(C)C. The van der Waals surface area contributed by atoms with Crippen molar-refractivity contribution in [2.24, 2.45) is 0 Å². The van der Waals surface area contributed by atoms with Crippen LogP contribution in [0, 0.1) is 0 Å². The second-order valence-corrected chi connectivity index (χ2v) is 6.79. The fourth-order valence-electron chi connectivity index (χ4n) is 1.38. The molecule has 0 atom stereocenters. The van der Waals surface area contributed by atoms with Crippen molar-refractivity contribution in [2.45, 2.75) is 53.6 Å². The van der Waals surface area contributed by atoms with Gasteiger partial charge >= 0.3 is 0 Å². The van der Waals surface area contributed by atoms with Gasteiger partial charge in [-0.05, 0) is 48.0 Å². The van der Waals surface area contributed by atoms with E-state index in [0.29, 0.717) is 0 Å². The molecule has 0 aromatic rings. The first-order valence-electron chi connectivity index (χ1n) is 5.73. The summed E-state index contributed by atoms with van der Waals surface area (Å²) in [7, 11) is -0.994. The van der Waals surface area contributed by atoms with E-state index in [2.05, 4.69) is 59.5 Å². The lowest BCUT2D eigenvalue weighted by atomic mass is 10.1. The minimum absolute atomic E-state index is 0.117. The van der Waals surface area contributed by atoms with Gasteiger partial charge in [-0.3, -0.25) is 0 Å². The number of allylic oxidation sites excluding steroid dienone is 2. The Balaban J connectivity index is 4.73. The van der Waals surface area contributed by atoms with Crippen molar-refractivity contribution in [3.8, 4) is 0 Å². The second kappa shape index (κ2) is 6.87. The maximum absolute atomic E-state index is 6.18. The van der Waals surface area contributed by atoms with Crippen LogP contribution < -0.4 is 0 Å². The largest absolute Gasteiger partial charge is 0.403 e. The molecule has 0 heterocycles. The van der Waals surface area contributed by atoms with Gasteiger partial charge in [0.25, 0.3) is 9.04 Å². The first kappa shape index (κ1) is 15.4. The molecule has 91 valence electrons. The van der Waals surface area contributed by atoms with Gasteiger partial charge in [-0.2, -0.15) is 0 Å². The van der Waals surface area contributed by atoms with Crippen LogP contribution in [0.5, 0.6) is 0 Å². The van der Waals surface area contributed by atoms with Gasteiger partial charge in [0.1, 0.15) is 0 Å². The number of rotatable bonds is 6. The van der Waals surface area contributed by atoms with Crippen molar-refractivity contribution in [1.29, 1.82) is 0 Å². The van der Waals surface area contributed by atoms with E-state index in [9.17, 15) is 0 Å². The van der Waals surface area contributed by atoms with Crippen molar-refractivity contribution >= 4 is 9.04 Å². The molecular weight excluding hydrogens is 212 g/mol. The van der Waals surface area contributed by atoms with Gasteiger partial charge in [-0.25, -0.2) is 0 Å².